The van der Waals surface area contributed by atoms with Gasteiger partial charge in [-0.2, -0.15) is 0 Å². The normalized spacial score (nSPS) is 16.1. The predicted molar refractivity (Wildman–Crippen MR) is 77.8 cm³/mol. The van der Waals surface area contributed by atoms with Crippen molar-refractivity contribution < 1.29 is 9.53 Å². The Balaban J connectivity index is 1.76. The Bertz CT molecular complexity index is 420. The topological polar surface area (TPSA) is 50.4 Å². The summed E-state index contributed by atoms with van der Waals surface area (Å²) in [7, 11) is 1.65. The number of carbonyl (C=O) groups is 1. The number of hydrogen-bond donors (Lipinski definition) is 2. The van der Waals surface area contributed by atoms with E-state index in [1.807, 2.05) is 24.3 Å². The van der Waals surface area contributed by atoms with E-state index in [-0.39, 0.29) is 5.91 Å². The van der Waals surface area contributed by atoms with Crippen molar-refractivity contribution >= 4 is 17.7 Å². The summed E-state index contributed by atoms with van der Waals surface area (Å²) in [5, 5.41) is 6.37. The van der Waals surface area contributed by atoms with E-state index in [9.17, 15) is 4.79 Å². The second-order valence-electron chi connectivity index (χ2n) is 4.56. The van der Waals surface area contributed by atoms with Gasteiger partial charge in [-0.1, -0.05) is 6.07 Å². The van der Waals surface area contributed by atoms with Crippen LogP contribution in [0.5, 0.6) is 5.75 Å². The van der Waals surface area contributed by atoms with Crippen molar-refractivity contribution in [1.82, 2.24) is 10.6 Å². The van der Waals surface area contributed by atoms with E-state index >= 15 is 0 Å². The molecule has 19 heavy (non-hydrogen) atoms. The number of thioether (sulfide) groups is 1. The monoisotopic (exact) mass is 280 g/mol. The fraction of sp³-hybridized carbons (Fsp3) is 0.500. The third kappa shape index (κ3) is 4.76. The smallest absolute Gasteiger partial charge is 0.230 e. The minimum atomic E-state index is 0.111. The van der Waals surface area contributed by atoms with E-state index in [1.165, 1.54) is 11.8 Å². The van der Waals surface area contributed by atoms with Gasteiger partial charge in [0.1, 0.15) is 5.75 Å². The largest absolute Gasteiger partial charge is 0.497 e. The highest BCUT2D eigenvalue weighted by Crippen LogP contribution is 2.22. The maximum atomic E-state index is 11.9. The summed E-state index contributed by atoms with van der Waals surface area (Å²) in [5.41, 5.74) is 0. The number of rotatable bonds is 5. The Hall–Kier alpha value is -1.20. The van der Waals surface area contributed by atoms with E-state index in [2.05, 4.69) is 10.6 Å². The first-order chi connectivity index (χ1) is 9.28. The average Bonchev–Trinajstić information content (AvgIpc) is 2.46. The lowest BCUT2D eigenvalue weighted by molar-refractivity contribution is -0.119. The van der Waals surface area contributed by atoms with Crippen LogP contribution >= 0.6 is 11.8 Å². The SMILES string of the molecule is COc1cccc(SCC(=O)NC2CCNCC2)c1. The molecule has 1 aliphatic rings. The molecule has 0 bridgehead atoms. The van der Waals surface area contributed by atoms with Gasteiger partial charge in [0.15, 0.2) is 0 Å². The number of ether oxygens (including phenoxy) is 1. The number of nitrogens with one attached hydrogen (secondary N) is 2. The lowest BCUT2D eigenvalue weighted by Gasteiger charge is -2.23. The molecular formula is C14H20N2O2S. The molecule has 1 aromatic rings. The Morgan fingerprint density at radius 3 is 3.00 bits per heavy atom. The summed E-state index contributed by atoms with van der Waals surface area (Å²) in [6.07, 6.45) is 2.05. The molecule has 0 unspecified atom stereocenters. The van der Waals surface area contributed by atoms with Crippen LogP contribution in [0.3, 0.4) is 0 Å². The third-order valence-electron chi connectivity index (χ3n) is 3.12. The molecule has 0 radical (unpaired) electrons. The molecule has 0 aliphatic carbocycles. The zero-order valence-corrected chi connectivity index (χ0v) is 12.0. The van der Waals surface area contributed by atoms with Gasteiger partial charge in [0.2, 0.25) is 5.91 Å². The molecule has 1 aromatic carbocycles. The van der Waals surface area contributed by atoms with Crippen LogP contribution in [-0.4, -0.2) is 37.9 Å². The zero-order valence-electron chi connectivity index (χ0n) is 11.1. The lowest BCUT2D eigenvalue weighted by atomic mass is 10.1. The van der Waals surface area contributed by atoms with Gasteiger partial charge >= 0.3 is 0 Å². The van der Waals surface area contributed by atoms with Crippen LogP contribution in [0, 0.1) is 0 Å². The van der Waals surface area contributed by atoms with Crippen LogP contribution in [0.15, 0.2) is 29.2 Å². The summed E-state index contributed by atoms with van der Waals surface area (Å²) in [4.78, 5) is 12.9. The molecular weight excluding hydrogens is 260 g/mol. The van der Waals surface area contributed by atoms with Crippen molar-refractivity contribution in [2.75, 3.05) is 26.0 Å². The van der Waals surface area contributed by atoms with Gasteiger partial charge in [0.05, 0.1) is 12.9 Å². The van der Waals surface area contributed by atoms with Gasteiger partial charge < -0.3 is 15.4 Å². The van der Waals surface area contributed by atoms with Crippen LogP contribution < -0.4 is 15.4 Å². The molecule has 1 fully saturated rings. The molecule has 0 spiro atoms. The summed E-state index contributed by atoms with van der Waals surface area (Å²) >= 11 is 1.54. The van der Waals surface area contributed by atoms with Crippen molar-refractivity contribution in [1.29, 1.82) is 0 Å². The van der Waals surface area contributed by atoms with E-state index in [0.29, 0.717) is 11.8 Å². The van der Waals surface area contributed by atoms with Gasteiger partial charge in [-0.25, -0.2) is 0 Å². The zero-order chi connectivity index (χ0) is 13.5. The quantitative estimate of drug-likeness (QED) is 0.805. The fourth-order valence-electron chi connectivity index (χ4n) is 2.08. The molecule has 2 rings (SSSR count). The average molecular weight is 280 g/mol. The molecule has 0 atom stereocenters. The molecule has 104 valence electrons. The first kappa shape index (κ1) is 14.2. The van der Waals surface area contributed by atoms with E-state index < -0.39 is 0 Å². The molecule has 0 aromatic heterocycles. The van der Waals surface area contributed by atoms with Gasteiger partial charge in [-0.05, 0) is 44.1 Å². The predicted octanol–water partition coefficient (Wildman–Crippen LogP) is 1.66. The van der Waals surface area contributed by atoms with E-state index in [0.717, 1.165) is 36.6 Å². The van der Waals surface area contributed by atoms with Gasteiger partial charge in [0.25, 0.3) is 0 Å². The molecule has 1 amide bonds. The number of piperidine rings is 1. The van der Waals surface area contributed by atoms with Crippen molar-refractivity contribution in [2.24, 2.45) is 0 Å². The Morgan fingerprint density at radius 2 is 2.26 bits per heavy atom. The van der Waals surface area contributed by atoms with Crippen LogP contribution in [0.2, 0.25) is 0 Å². The molecule has 1 aliphatic heterocycles. The third-order valence-corrected chi connectivity index (χ3v) is 4.11. The van der Waals surface area contributed by atoms with Gasteiger partial charge in [-0.3, -0.25) is 4.79 Å². The van der Waals surface area contributed by atoms with Crippen molar-refractivity contribution in [3.05, 3.63) is 24.3 Å². The van der Waals surface area contributed by atoms with E-state index in [1.54, 1.807) is 7.11 Å². The number of amides is 1. The van der Waals surface area contributed by atoms with Crippen LogP contribution in [0.4, 0.5) is 0 Å². The molecule has 1 saturated heterocycles. The highest BCUT2D eigenvalue weighted by Gasteiger charge is 2.15. The second-order valence-corrected chi connectivity index (χ2v) is 5.61. The van der Waals surface area contributed by atoms with Crippen molar-refractivity contribution in [3.63, 3.8) is 0 Å². The minimum Gasteiger partial charge on any atom is -0.497 e. The second kappa shape index (κ2) is 7.40. The highest BCUT2D eigenvalue weighted by molar-refractivity contribution is 8.00. The Kier molecular flexibility index (Phi) is 5.54. The summed E-state index contributed by atoms with van der Waals surface area (Å²) in [6.45, 7) is 1.99. The van der Waals surface area contributed by atoms with Crippen LogP contribution in [-0.2, 0) is 4.79 Å². The first-order valence-corrected chi connectivity index (χ1v) is 7.53. The van der Waals surface area contributed by atoms with E-state index in [4.69, 9.17) is 4.74 Å². The Morgan fingerprint density at radius 1 is 1.47 bits per heavy atom. The van der Waals surface area contributed by atoms with Crippen LogP contribution in [0.1, 0.15) is 12.8 Å². The molecule has 2 N–H and O–H groups in total. The number of benzene rings is 1. The fourth-order valence-corrected chi connectivity index (χ4v) is 2.83. The molecule has 4 nitrogen and oxygen atoms in total. The maximum Gasteiger partial charge on any atom is 0.230 e. The minimum absolute atomic E-state index is 0.111. The highest BCUT2D eigenvalue weighted by atomic mass is 32.2. The van der Waals surface area contributed by atoms with Gasteiger partial charge in [0, 0.05) is 10.9 Å². The summed E-state index contributed by atoms with van der Waals surface area (Å²) in [5.74, 6) is 1.39. The first-order valence-electron chi connectivity index (χ1n) is 6.55. The number of carbonyl (C=O) groups excluding carboxylic acids is 1. The summed E-state index contributed by atoms with van der Waals surface area (Å²) in [6, 6.07) is 8.11. The molecule has 1 heterocycles. The number of hydrogen-bond acceptors (Lipinski definition) is 4. The lowest BCUT2D eigenvalue weighted by Crippen LogP contribution is -2.43. The van der Waals surface area contributed by atoms with Gasteiger partial charge in [-0.15, -0.1) is 11.8 Å². The molecule has 5 heteroatoms. The summed E-state index contributed by atoms with van der Waals surface area (Å²) < 4.78 is 5.16. The Labute approximate surface area is 118 Å². The number of methoxy groups -OCH3 is 1. The van der Waals surface area contributed by atoms with Crippen LogP contribution in [0.25, 0.3) is 0 Å². The van der Waals surface area contributed by atoms with Crippen molar-refractivity contribution in [2.45, 2.75) is 23.8 Å². The standard InChI is InChI=1S/C14H20N2O2S/c1-18-12-3-2-4-13(9-12)19-10-14(17)16-11-5-7-15-8-6-11/h2-4,9,11,15H,5-8,10H2,1H3,(H,16,17). The maximum absolute atomic E-state index is 11.9. The molecule has 0 saturated carbocycles. The van der Waals surface area contributed by atoms with Crippen molar-refractivity contribution in [3.8, 4) is 5.75 Å².